The Morgan fingerprint density at radius 3 is 2.00 bits per heavy atom. The molecule has 56 heavy (non-hydrogen) atoms. The number of thioether (sulfide) groups is 1. The van der Waals surface area contributed by atoms with Gasteiger partial charge >= 0.3 is 0 Å². The van der Waals surface area contributed by atoms with Gasteiger partial charge in [0.15, 0.2) is 12.1 Å². The molecule has 8 rings (SSSR count). The van der Waals surface area contributed by atoms with E-state index in [0.717, 1.165) is 56.0 Å². The Kier molecular flexibility index (Phi) is 11.6. The Balaban J connectivity index is 1.00. The van der Waals surface area contributed by atoms with Crippen LogP contribution in [0.2, 0.25) is 0 Å². The molecule has 282 valence electrons. The van der Waals surface area contributed by atoms with Gasteiger partial charge in [0.05, 0.1) is 23.7 Å². The van der Waals surface area contributed by atoms with Crippen LogP contribution in [0.5, 0.6) is 0 Å². The molecule has 0 aliphatic carbocycles. The van der Waals surface area contributed by atoms with Crippen LogP contribution in [-0.2, 0) is 32.6 Å². The normalized spacial score (nSPS) is 17.1. The topological polar surface area (TPSA) is 111 Å². The maximum absolute atomic E-state index is 12.8. The van der Waals surface area contributed by atoms with Crippen molar-refractivity contribution in [1.29, 1.82) is 0 Å². The van der Waals surface area contributed by atoms with Crippen molar-refractivity contribution in [3.05, 3.63) is 186 Å². The maximum atomic E-state index is 12.8. The van der Waals surface area contributed by atoms with Crippen LogP contribution in [0.25, 0.3) is 33.7 Å². The first-order valence-corrected chi connectivity index (χ1v) is 20.9. The molecule has 8 nitrogen and oxygen atoms in total. The first-order chi connectivity index (χ1) is 27.4. The third-order valence-corrected chi connectivity index (χ3v) is 12.0. The molecular weight excluding hydrogens is 741 g/mol. The SMILES string of the molecule is O=S(=O)(NCc1cccc(-c2ccc(C3OC(CSc4nc(-c5ccccc5)c(-c5ccccc5)o4)CC(c4ccc(CO)cc4)O3)cc2)c1)c1ccccc1. The predicted molar refractivity (Wildman–Crippen MR) is 219 cm³/mol. The number of ether oxygens (including phenoxy) is 2. The lowest BCUT2D eigenvalue weighted by Gasteiger charge is -2.36. The summed E-state index contributed by atoms with van der Waals surface area (Å²) in [5.74, 6) is 1.32. The first kappa shape index (κ1) is 37.6. The smallest absolute Gasteiger partial charge is 0.256 e. The number of oxazole rings is 1. The second-order valence-electron chi connectivity index (χ2n) is 13.5. The fraction of sp³-hybridized carbons (Fsp3) is 0.152. The molecule has 6 aromatic carbocycles. The maximum Gasteiger partial charge on any atom is 0.256 e. The molecule has 0 saturated carbocycles. The van der Waals surface area contributed by atoms with Gasteiger partial charge in [0.2, 0.25) is 10.0 Å². The number of hydrogen-bond donors (Lipinski definition) is 2. The molecule has 3 atom stereocenters. The van der Waals surface area contributed by atoms with Crippen molar-refractivity contribution in [2.75, 3.05) is 5.75 Å². The van der Waals surface area contributed by atoms with Gasteiger partial charge < -0.3 is 19.0 Å². The number of benzene rings is 6. The molecule has 1 saturated heterocycles. The average molecular weight is 781 g/mol. The van der Waals surface area contributed by atoms with Crippen LogP contribution in [0.15, 0.2) is 178 Å². The molecular formula is C46H40N2O6S2. The molecule has 1 aliphatic heterocycles. The lowest BCUT2D eigenvalue weighted by atomic mass is 9.99. The second kappa shape index (κ2) is 17.2. The van der Waals surface area contributed by atoms with Crippen LogP contribution in [0.4, 0.5) is 0 Å². The Hall–Kier alpha value is -5.33. The van der Waals surface area contributed by atoms with E-state index in [1.54, 1.807) is 30.3 Å². The van der Waals surface area contributed by atoms with Crippen molar-refractivity contribution in [3.63, 3.8) is 0 Å². The molecule has 0 amide bonds. The highest BCUT2D eigenvalue weighted by Gasteiger charge is 2.33. The van der Waals surface area contributed by atoms with Gasteiger partial charge in [-0.25, -0.2) is 18.1 Å². The summed E-state index contributed by atoms with van der Waals surface area (Å²) in [4.78, 5) is 5.18. The molecule has 1 aliphatic rings. The monoisotopic (exact) mass is 780 g/mol. The first-order valence-electron chi connectivity index (χ1n) is 18.4. The lowest BCUT2D eigenvalue weighted by Crippen LogP contribution is -2.31. The lowest BCUT2D eigenvalue weighted by molar-refractivity contribution is -0.245. The van der Waals surface area contributed by atoms with Crippen molar-refractivity contribution >= 4 is 21.8 Å². The van der Waals surface area contributed by atoms with Crippen LogP contribution in [-0.4, -0.2) is 30.4 Å². The van der Waals surface area contributed by atoms with E-state index in [9.17, 15) is 13.5 Å². The summed E-state index contributed by atoms with van der Waals surface area (Å²) >= 11 is 1.52. The fourth-order valence-electron chi connectivity index (χ4n) is 6.68. The van der Waals surface area contributed by atoms with E-state index in [1.165, 1.54) is 11.8 Å². The third-order valence-electron chi connectivity index (χ3n) is 9.66. The molecule has 1 fully saturated rings. The second-order valence-corrected chi connectivity index (χ2v) is 16.2. The quantitative estimate of drug-likeness (QED) is 0.111. The third kappa shape index (κ3) is 8.87. The van der Waals surface area contributed by atoms with Gasteiger partial charge in [-0.3, -0.25) is 0 Å². The van der Waals surface area contributed by atoms with Crippen LogP contribution < -0.4 is 4.72 Å². The number of aliphatic hydroxyl groups is 1. The Bertz CT molecular complexity index is 2400. The molecule has 7 aromatic rings. The van der Waals surface area contributed by atoms with E-state index in [2.05, 4.69) is 4.72 Å². The summed E-state index contributed by atoms with van der Waals surface area (Å²) in [5.41, 5.74) is 8.25. The van der Waals surface area contributed by atoms with Crippen molar-refractivity contribution in [2.24, 2.45) is 0 Å². The summed E-state index contributed by atoms with van der Waals surface area (Å²) in [6.07, 6.45) is -0.440. The van der Waals surface area contributed by atoms with E-state index in [0.29, 0.717) is 17.4 Å². The molecule has 2 N–H and O–H groups in total. The number of nitrogens with zero attached hydrogens (tertiary/aromatic N) is 1. The zero-order valence-corrected chi connectivity index (χ0v) is 32.0. The minimum atomic E-state index is -3.63. The van der Waals surface area contributed by atoms with Gasteiger partial charge in [-0.1, -0.05) is 157 Å². The summed E-state index contributed by atoms with van der Waals surface area (Å²) in [7, 11) is -3.63. The van der Waals surface area contributed by atoms with Gasteiger partial charge in [0.25, 0.3) is 5.22 Å². The van der Waals surface area contributed by atoms with Gasteiger partial charge in [0, 0.05) is 35.4 Å². The number of hydrogen-bond acceptors (Lipinski definition) is 8. The van der Waals surface area contributed by atoms with Crippen LogP contribution >= 0.6 is 11.8 Å². The van der Waals surface area contributed by atoms with Crippen molar-refractivity contribution in [2.45, 2.75) is 48.2 Å². The van der Waals surface area contributed by atoms with E-state index < -0.39 is 16.3 Å². The average Bonchev–Trinajstić information content (AvgIpc) is 3.70. The van der Waals surface area contributed by atoms with Crippen molar-refractivity contribution in [1.82, 2.24) is 9.71 Å². The predicted octanol–water partition coefficient (Wildman–Crippen LogP) is 9.98. The zero-order chi connectivity index (χ0) is 38.3. The Labute approximate surface area is 331 Å². The van der Waals surface area contributed by atoms with Crippen molar-refractivity contribution in [3.8, 4) is 33.7 Å². The molecule has 0 bridgehead atoms. The van der Waals surface area contributed by atoms with E-state index in [-0.39, 0.29) is 30.3 Å². The summed E-state index contributed by atoms with van der Waals surface area (Å²) in [6.45, 7) is 0.142. The molecule has 1 aromatic heterocycles. The van der Waals surface area contributed by atoms with Crippen LogP contribution in [0.3, 0.4) is 0 Å². The highest BCUT2D eigenvalue weighted by atomic mass is 32.2. The largest absolute Gasteiger partial charge is 0.431 e. The molecule has 0 spiro atoms. The van der Waals surface area contributed by atoms with E-state index in [1.807, 2.05) is 133 Å². The highest BCUT2D eigenvalue weighted by Crippen LogP contribution is 2.41. The molecule has 10 heteroatoms. The van der Waals surface area contributed by atoms with Gasteiger partial charge in [0.1, 0.15) is 5.69 Å². The zero-order valence-electron chi connectivity index (χ0n) is 30.4. The van der Waals surface area contributed by atoms with Crippen molar-refractivity contribution < 1.29 is 27.4 Å². The summed E-state index contributed by atoms with van der Waals surface area (Å²) < 4.78 is 48.0. The summed E-state index contributed by atoms with van der Waals surface area (Å²) in [6, 6.07) is 52.2. The van der Waals surface area contributed by atoms with Crippen LogP contribution in [0, 0.1) is 0 Å². The minimum Gasteiger partial charge on any atom is -0.431 e. The highest BCUT2D eigenvalue weighted by molar-refractivity contribution is 7.99. The van der Waals surface area contributed by atoms with Gasteiger partial charge in [-0.05, 0) is 46.0 Å². The van der Waals surface area contributed by atoms with Crippen LogP contribution in [0.1, 0.15) is 41.1 Å². The Morgan fingerprint density at radius 1 is 0.661 bits per heavy atom. The number of sulfonamides is 1. The van der Waals surface area contributed by atoms with Gasteiger partial charge in [-0.15, -0.1) is 0 Å². The van der Waals surface area contributed by atoms with E-state index >= 15 is 0 Å². The number of aromatic nitrogens is 1. The summed E-state index contributed by atoms with van der Waals surface area (Å²) in [5, 5.41) is 10.2. The molecule has 0 radical (unpaired) electrons. The molecule has 2 heterocycles. The fourth-order valence-corrected chi connectivity index (χ4v) is 8.56. The minimum absolute atomic E-state index is 0.0263. The standard InChI is InChI=1S/C46H40N2O6S2/c49-30-32-19-21-35(22-20-32)42-28-40(31-55-46-48-43(36-12-4-1-5-13-36)44(54-46)37-14-6-2-7-15-37)52-45(53-42)38-25-23-34(24-26-38)39-16-10-11-33(27-39)29-47-56(50,51)41-17-8-3-9-18-41/h1-27,40,42,45,47,49H,28-31H2. The number of aliphatic hydroxyl groups excluding tert-OH is 1. The Morgan fingerprint density at radius 2 is 1.30 bits per heavy atom. The number of nitrogens with one attached hydrogen (secondary N) is 1. The molecule has 3 unspecified atom stereocenters. The number of rotatable bonds is 13. The van der Waals surface area contributed by atoms with Gasteiger partial charge in [-0.2, -0.15) is 0 Å². The van der Waals surface area contributed by atoms with E-state index in [4.69, 9.17) is 18.9 Å².